The molecular formula is C136H90N12O. The van der Waals surface area contributed by atoms with Crippen LogP contribution in [0.1, 0.15) is 25.0 Å². The molecule has 0 radical (unpaired) electrons. The molecule has 13 heteroatoms. The molecule has 0 amide bonds. The highest BCUT2D eigenvalue weighted by Gasteiger charge is 2.37. The standard InChI is InChI=1S/C48H34N4.C45H28N4O.C43H28N4/c1-48(2)41-24-22-34(27-39(41)40-28-36(23-25-42(40)48)52-45-16-8-6-14-37(45)38-15-7-9-17-46(38)52)44-29-43(50-47(51-44)33-11-4-3-5-12-33)32-20-18-31(19-21-32)35-13-10-26-49-30-35;1-2-9-31(10-3-1)45-47-39(30-18-16-29(17-19-30)33-11-8-24-46-28-33)27-40(48-45)32-20-22-43-37(25-32)38-26-34(21-23-44(38)50-43)49-41-14-6-4-12-35(41)36-13-5-7-15-42(36)49;1-2-10-33(11-3-1)43-45-39(31-18-16-29(17-19-31)34-12-8-26-44-28-34)27-40(46-43)32-20-23-35(24-21-32)47-41-15-7-6-14-37(41)38-25-22-30-9-4-5-13-36(30)42(38)47/h3-30H,1-2H3;1-28H;1-28H. The summed E-state index contributed by atoms with van der Waals surface area (Å²) in [6.45, 7) is 4.67. The van der Waals surface area contributed by atoms with Crippen LogP contribution in [0.15, 0.2) is 515 Å². The van der Waals surface area contributed by atoms with Crippen molar-refractivity contribution in [1.29, 1.82) is 0 Å². The summed E-state index contributed by atoms with van der Waals surface area (Å²) in [7, 11) is 0. The van der Waals surface area contributed by atoms with Crippen LogP contribution in [-0.2, 0) is 5.41 Å². The summed E-state index contributed by atoms with van der Waals surface area (Å²) in [5, 5.41) is 12.1. The van der Waals surface area contributed by atoms with Gasteiger partial charge in [0.2, 0.25) is 0 Å². The summed E-state index contributed by atoms with van der Waals surface area (Å²) in [6.07, 6.45) is 11.0. The number of pyridine rings is 3. The molecule has 13 nitrogen and oxygen atoms in total. The fraction of sp³-hybridized carbons (Fsp3) is 0.0221. The van der Waals surface area contributed by atoms with Crippen molar-refractivity contribution < 1.29 is 4.42 Å². The van der Waals surface area contributed by atoms with Gasteiger partial charge in [0.05, 0.1) is 67.3 Å². The molecule has 0 saturated carbocycles. The zero-order valence-corrected chi connectivity index (χ0v) is 81.3. The summed E-state index contributed by atoms with van der Waals surface area (Å²) >= 11 is 0. The molecule has 0 unspecified atom stereocenters. The fourth-order valence-electron chi connectivity index (χ4n) is 21.8. The van der Waals surface area contributed by atoms with Gasteiger partial charge in [-0.3, -0.25) is 15.0 Å². The summed E-state index contributed by atoms with van der Waals surface area (Å²) < 4.78 is 13.5. The first-order valence-corrected chi connectivity index (χ1v) is 50.2. The SMILES string of the molecule is CC1(C)c2ccc(-c3cc(-c4ccc(-c5cccnc5)cc4)nc(-c4ccccc4)n3)cc2-c2cc(-n3c4ccccc4c4ccccc43)ccc21.c1ccc(-c2nc(-c3ccc(-c4cccnc4)cc3)cc(-c3ccc(-n4c5ccccc5c5ccc6ccccc6c54)cc3)n2)cc1.c1ccc(-c2nc(-c3ccc(-c4cccnc4)cc3)cc(-c3ccc4oc5ccc(-n6c7ccccc7c7ccccc76)cc5c4c3)n2)cc1. The van der Waals surface area contributed by atoms with Gasteiger partial charge in [-0.15, -0.1) is 0 Å². The Morgan fingerprint density at radius 1 is 0.195 bits per heavy atom. The molecule has 149 heavy (non-hydrogen) atoms. The minimum absolute atomic E-state index is 0.134. The topological polar surface area (TPSA) is 144 Å². The molecule has 0 fully saturated rings. The number of rotatable bonds is 15. The second-order valence-corrected chi connectivity index (χ2v) is 38.4. The Kier molecular flexibility index (Phi) is 21.9. The number of hydrogen-bond donors (Lipinski definition) is 0. The first kappa shape index (κ1) is 88.1. The Morgan fingerprint density at radius 3 is 0.919 bits per heavy atom. The molecule has 0 aliphatic heterocycles. The molecule has 0 saturated heterocycles. The van der Waals surface area contributed by atoms with Crippen molar-refractivity contribution in [2.24, 2.45) is 0 Å². The average Bonchev–Trinajstić information content (AvgIpc) is 1.56. The van der Waals surface area contributed by atoms with Gasteiger partial charge in [0.25, 0.3) is 0 Å². The molecule has 1 aliphatic carbocycles. The van der Waals surface area contributed by atoms with Crippen LogP contribution in [0.4, 0.5) is 0 Å². The number of furan rings is 1. The summed E-state index contributed by atoms with van der Waals surface area (Å²) in [5.41, 5.74) is 38.3. The van der Waals surface area contributed by atoms with Gasteiger partial charge in [-0.2, -0.15) is 0 Å². The minimum Gasteiger partial charge on any atom is -0.456 e. The smallest absolute Gasteiger partial charge is 0.160 e. The molecule has 10 heterocycles. The van der Waals surface area contributed by atoms with Crippen LogP contribution in [0, 0.1) is 0 Å². The lowest BCUT2D eigenvalue weighted by atomic mass is 9.82. The largest absolute Gasteiger partial charge is 0.456 e. The zero-order valence-electron chi connectivity index (χ0n) is 81.3. The molecule has 0 N–H and O–H groups in total. The molecule has 0 bridgehead atoms. The van der Waals surface area contributed by atoms with Gasteiger partial charge in [-0.1, -0.05) is 354 Å². The molecule has 28 aromatic rings. The second kappa shape index (κ2) is 37.1. The number of para-hydroxylation sites is 5. The van der Waals surface area contributed by atoms with E-state index in [1.807, 2.05) is 91.4 Å². The van der Waals surface area contributed by atoms with Crippen molar-refractivity contribution in [3.8, 4) is 163 Å². The third kappa shape index (κ3) is 16.2. The lowest BCUT2D eigenvalue weighted by Gasteiger charge is -2.22. The van der Waals surface area contributed by atoms with Gasteiger partial charge < -0.3 is 18.1 Å². The molecule has 29 rings (SSSR count). The monoisotopic (exact) mass is 1910 g/mol. The highest BCUT2D eigenvalue weighted by molar-refractivity contribution is 6.19. The summed E-state index contributed by atoms with van der Waals surface area (Å²) in [4.78, 5) is 43.4. The highest BCUT2D eigenvalue weighted by Crippen LogP contribution is 2.52. The Bertz CT molecular complexity index is 9900. The first-order chi connectivity index (χ1) is 73.6. The molecule has 10 aromatic heterocycles. The Balaban J connectivity index is 0.000000110. The minimum atomic E-state index is -0.134. The maximum atomic E-state index is 6.38. The van der Waals surface area contributed by atoms with Gasteiger partial charge in [0.15, 0.2) is 17.5 Å². The Hall–Kier alpha value is -19.9. The van der Waals surface area contributed by atoms with Crippen LogP contribution in [0.3, 0.4) is 0 Å². The molecule has 0 atom stereocenters. The molecule has 700 valence electrons. The van der Waals surface area contributed by atoms with E-state index in [0.29, 0.717) is 17.5 Å². The predicted octanol–water partition coefficient (Wildman–Crippen LogP) is 34.3. The highest BCUT2D eigenvalue weighted by atomic mass is 16.3. The van der Waals surface area contributed by atoms with Crippen LogP contribution in [-0.4, -0.2) is 58.6 Å². The quantitative estimate of drug-likeness (QED) is 0.0973. The molecule has 0 spiro atoms. The lowest BCUT2D eigenvalue weighted by molar-refractivity contribution is 0.660. The van der Waals surface area contributed by atoms with Crippen molar-refractivity contribution >= 4 is 98.1 Å². The number of nitrogens with zero attached hydrogens (tertiary/aromatic N) is 12. The van der Waals surface area contributed by atoms with Crippen LogP contribution in [0.5, 0.6) is 0 Å². The molecule has 1 aliphatic rings. The van der Waals surface area contributed by atoms with E-state index in [-0.39, 0.29) is 5.41 Å². The van der Waals surface area contributed by atoms with Crippen molar-refractivity contribution in [3.63, 3.8) is 0 Å². The number of fused-ring (bicyclic) bond motifs is 17. The number of benzene rings is 18. The predicted molar refractivity (Wildman–Crippen MR) is 610 cm³/mol. The third-order valence-electron chi connectivity index (χ3n) is 29.2. The van der Waals surface area contributed by atoms with E-state index in [0.717, 1.165) is 157 Å². The third-order valence-corrected chi connectivity index (χ3v) is 29.2. The van der Waals surface area contributed by atoms with Gasteiger partial charge in [0, 0.05) is 158 Å². The van der Waals surface area contributed by atoms with Gasteiger partial charge in [0.1, 0.15) is 11.2 Å². The van der Waals surface area contributed by atoms with E-state index in [9.17, 15) is 0 Å². The molecular weight excluding hydrogens is 1820 g/mol. The van der Waals surface area contributed by atoms with Crippen molar-refractivity contribution in [1.82, 2.24) is 58.6 Å². The first-order valence-electron chi connectivity index (χ1n) is 50.2. The van der Waals surface area contributed by atoms with Gasteiger partial charge in [-0.25, -0.2) is 29.9 Å². The van der Waals surface area contributed by atoms with E-state index in [2.05, 4.69) is 443 Å². The van der Waals surface area contributed by atoms with Crippen molar-refractivity contribution in [2.45, 2.75) is 19.3 Å². The van der Waals surface area contributed by atoms with Crippen LogP contribution >= 0.6 is 0 Å². The van der Waals surface area contributed by atoms with Crippen molar-refractivity contribution in [3.05, 3.63) is 521 Å². The molecule has 18 aromatic carbocycles. The zero-order chi connectivity index (χ0) is 99.0. The number of aromatic nitrogens is 12. The fourth-order valence-corrected chi connectivity index (χ4v) is 21.8. The van der Waals surface area contributed by atoms with E-state index in [4.69, 9.17) is 34.3 Å². The maximum Gasteiger partial charge on any atom is 0.160 e. The van der Waals surface area contributed by atoms with Crippen LogP contribution in [0.25, 0.3) is 261 Å². The van der Waals surface area contributed by atoms with Gasteiger partial charge >= 0.3 is 0 Å². The van der Waals surface area contributed by atoms with Crippen molar-refractivity contribution in [2.75, 3.05) is 0 Å². The second-order valence-electron chi connectivity index (χ2n) is 38.4. The summed E-state index contributed by atoms with van der Waals surface area (Å²) in [6, 6.07) is 166. The van der Waals surface area contributed by atoms with Crippen LogP contribution < -0.4 is 0 Å². The van der Waals surface area contributed by atoms with E-state index < -0.39 is 0 Å². The van der Waals surface area contributed by atoms with E-state index >= 15 is 0 Å². The maximum absolute atomic E-state index is 6.38. The Morgan fingerprint density at radius 2 is 0.497 bits per heavy atom. The number of hydrogen-bond acceptors (Lipinski definition) is 10. The van der Waals surface area contributed by atoms with E-state index in [1.165, 1.54) is 98.4 Å². The van der Waals surface area contributed by atoms with E-state index in [1.54, 1.807) is 18.6 Å². The summed E-state index contributed by atoms with van der Waals surface area (Å²) in [5.74, 6) is 2.09. The van der Waals surface area contributed by atoms with Gasteiger partial charge in [-0.05, 0) is 194 Å². The lowest BCUT2D eigenvalue weighted by Crippen LogP contribution is -2.14. The Labute approximate surface area is 859 Å². The normalized spacial score (nSPS) is 12.0. The average molecular weight is 1910 g/mol. The van der Waals surface area contributed by atoms with Crippen LogP contribution in [0.2, 0.25) is 0 Å².